The number of carbonyl (C=O) groups is 2. The Kier molecular flexibility index (Phi) is 3.16. The van der Waals surface area contributed by atoms with Gasteiger partial charge in [0.15, 0.2) is 0 Å². The number of aliphatic carboxylic acids is 1. The summed E-state index contributed by atoms with van der Waals surface area (Å²) in [5.74, 6) is -0.157. The maximum Gasteiger partial charge on any atom is 0.323 e. The molecule has 0 spiro atoms. The third-order valence-electron chi connectivity index (χ3n) is 6.07. The van der Waals surface area contributed by atoms with Crippen molar-refractivity contribution in [2.45, 2.75) is 58.8 Å². The summed E-state index contributed by atoms with van der Waals surface area (Å²) < 4.78 is 0. The molecular weight excluding hydrogens is 266 g/mol. The first-order chi connectivity index (χ1) is 9.63. The highest BCUT2D eigenvalue weighted by Gasteiger charge is 2.60. The second-order valence-corrected chi connectivity index (χ2v) is 8.95. The van der Waals surface area contributed by atoms with E-state index in [1.165, 1.54) is 30.6 Å². The van der Waals surface area contributed by atoms with Crippen LogP contribution in [-0.4, -0.2) is 35.5 Å². The van der Waals surface area contributed by atoms with Crippen LogP contribution in [-0.2, 0) is 9.59 Å². The Hall–Kier alpha value is -1.06. The van der Waals surface area contributed by atoms with Crippen LogP contribution in [0.1, 0.15) is 58.8 Å². The molecule has 1 N–H and O–H groups in total. The lowest BCUT2D eigenvalue weighted by atomic mass is 9.40. The number of nitrogens with zero attached hydrogens (tertiary/aromatic N) is 1. The zero-order valence-corrected chi connectivity index (χ0v) is 13.4. The summed E-state index contributed by atoms with van der Waals surface area (Å²) >= 11 is 0. The molecule has 4 bridgehead atoms. The van der Waals surface area contributed by atoms with Gasteiger partial charge >= 0.3 is 5.97 Å². The number of carbonyl (C=O) groups excluding carboxylic acids is 1. The van der Waals surface area contributed by atoms with Gasteiger partial charge in [-0.15, -0.1) is 0 Å². The summed E-state index contributed by atoms with van der Waals surface area (Å²) in [6.45, 7) is 4.61. The van der Waals surface area contributed by atoms with Gasteiger partial charge in [-0.2, -0.15) is 0 Å². The van der Waals surface area contributed by atoms with Crippen LogP contribution in [0.5, 0.6) is 0 Å². The van der Waals surface area contributed by atoms with Crippen LogP contribution in [0, 0.1) is 22.2 Å². The molecule has 4 saturated carbocycles. The standard InChI is InChI=1S/C17H27NO3/c1-15-4-12-5-16(2,9-15)11-17(6-12,10-15)7-13(19)18(3)8-14(20)21/h12H,4-11H2,1-3H3,(H,20,21). The minimum atomic E-state index is -0.935. The van der Waals surface area contributed by atoms with Gasteiger partial charge in [0, 0.05) is 13.5 Å². The predicted octanol–water partition coefficient (Wildman–Crippen LogP) is 2.92. The number of hydrogen-bond acceptors (Lipinski definition) is 2. The summed E-state index contributed by atoms with van der Waals surface area (Å²) in [6, 6.07) is 0. The van der Waals surface area contributed by atoms with Crippen molar-refractivity contribution in [3.8, 4) is 0 Å². The van der Waals surface area contributed by atoms with Gasteiger partial charge in [0.05, 0.1) is 0 Å². The van der Waals surface area contributed by atoms with Gasteiger partial charge in [0.1, 0.15) is 6.54 Å². The molecule has 1 amide bonds. The van der Waals surface area contributed by atoms with Crippen molar-refractivity contribution >= 4 is 11.9 Å². The minimum absolute atomic E-state index is 0.00606. The smallest absolute Gasteiger partial charge is 0.323 e. The van der Waals surface area contributed by atoms with Crippen molar-refractivity contribution in [3.05, 3.63) is 0 Å². The number of hydrogen-bond donors (Lipinski definition) is 1. The molecule has 118 valence electrons. The molecule has 4 nitrogen and oxygen atoms in total. The van der Waals surface area contributed by atoms with Gasteiger partial charge in [-0.05, 0) is 60.7 Å². The molecule has 4 fully saturated rings. The number of amides is 1. The molecule has 0 aromatic heterocycles. The van der Waals surface area contributed by atoms with E-state index in [4.69, 9.17) is 5.11 Å². The Morgan fingerprint density at radius 3 is 2.14 bits per heavy atom. The number of carboxylic acids is 1. The van der Waals surface area contributed by atoms with E-state index in [1.807, 2.05) is 0 Å². The molecule has 0 radical (unpaired) electrons. The van der Waals surface area contributed by atoms with E-state index in [2.05, 4.69) is 13.8 Å². The van der Waals surface area contributed by atoms with Gasteiger partial charge in [-0.1, -0.05) is 13.8 Å². The molecule has 21 heavy (non-hydrogen) atoms. The Labute approximate surface area is 126 Å². The second-order valence-electron chi connectivity index (χ2n) is 8.95. The van der Waals surface area contributed by atoms with Gasteiger partial charge in [-0.25, -0.2) is 0 Å². The quantitative estimate of drug-likeness (QED) is 0.867. The monoisotopic (exact) mass is 293 g/mol. The van der Waals surface area contributed by atoms with Gasteiger partial charge in [0.25, 0.3) is 0 Å². The number of carboxylic acid groups (broad SMARTS) is 1. The molecule has 0 heterocycles. The lowest BCUT2D eigenvalue weighted by Gasteiger charge is -2.65. The van der Waals surface area contributed by atoms with Crippen LogP contribution in [0.2, 0.25) is 0 Å². The van der Waals surface area contributed by atoms with Gasteiger partial charge in [-0.3, -0.25) is 9.59 Å². The zero-order valence-electron chi connectivity index (χ0n) is 13.4. The average Bonchev–Trinajstić information content (AvgIpc) is 2.21. The number of rotatable bonds is 4. The van der Waals surface area contributed by atoms with E-state index in [-0.39, 0.29) is 17.9 Å². The SMILES string of the molecule is CN(CC(=O)O)C(=O)CC12CC3CC(C)(CC(C)(C3)C1)C2. The highest BCUT2D eigenvalue weighted by atomic mass is 16.4. The third-order valence-corrected chi connectivity index (χ3v) is 6.07. The predicted molar refractivity (Wildman–Crippen MR) is 79.7 cm³/mol. The molecule has 0 saturated heterocycles. The van der Waals surface area contributed by atoms with Gasteiger partial charge in [0.2, 0.25) is 5.91 Å². The maximum absolute atomic E-state index is 12.4. The summed E-state index contributed by atoms with van der Waals surface area (Å²) in [4.78, 5) is 24.6. The summed E-state index contributed by atoms with van der Waals surface area (Å²) in [5.41, 5.74) is 0.937. The molecule has 4 aliphatic carbocycles. The van der Waals surface area contributed by atoms with E-state index in [0.29, 0.717) is 17.3 Å². The molecule has 4 rings (SSSR count). The average molecular weight is 293 g/mol. The first kappa shape index (κ1) is 14.9. The fraction of sp³-hybridized carbons (Fsp3) is 0.882. The third kappa shape index (κ3) is 2.69. The molecule has 0 aromatic carbocycles. The van der Waals surface area contributed by atoms with Crippen molar-refractivity contribution in [1.29, 1.82) is 0 Å². The fourth-order valence-electron chi connectivity index (χ4n) is 6.63. The molecule has 2 unspecified atom stereocenters. The van der Waals surface area contributed by atoms with Crippen LogP contribution in [0.15, 0.2) is 0 Å². The Bertz CT molecular complexity index is 468. The molecule has 4 aliphatic rings. The molecule has 0 aliphatic heterocycles. The molecule has 2 atom stereocenters. The van der Waals surface area contributed by atoms with E-state index in [1.54, 1.807) is 7.05 Å². The highest BCUT2D eigenvalue weighted by molar-refractivity contribution is 5.81. The first-order valence-electron chi connectivity index (χ1n) is 8.09. The maximum atomic E-state index is 12.4. The largest absolute Gasteiger partial charge is 0.480 e. The van der Waals surface area contributed by atoms with E-state index in [0.717, 1.165) is 18.8 Å². The topological polar surface area (TPSA) is 57.6 Å². The van der Waals surface area contributed by atoms with Crippen molar-refractivity contribution < 1.29 is 14.7 Å². The van der Waals surface area contributed by atoms with Crippen LogP contribution >= 0.6 is 0 Å². The Morgan fingerprint density at radius 2 is 1.67 bits per heavy atom. The van der Waals surface area contributed by atoms with Crippen LogP contribution in [0.25, 0.3) is 0 Å². The highest BCUT2D eigenvalue weighted by Crippen LogP contribution is 2.70. The Morgan fingerprint density at radius 1 is 1.10 bits per heavy atom. The molecular formula is C17H27NO3. The van der Waals surface area contributed by atoms with Crippen molar-refractivity contribution in [3.63, 3.8) is 0 Å². The summed E-state index contributed by atoms with van der Waals surface area (Å²) in [5, 5.41) is 8.85. The van der Waals surface area contributed by atoms with E-state index >= 15 is 0 Å². The number of likely N-dealkylation sites (N-methyl/N-ethyl adjacent to an activating group) is 1. The van der Waals surface area contributed by atoms with Crippen LogP contribution < -0.4 is 0 Å². The summed E-state index contributed by atoms with van der Waals surface area (Å²) in [6.07, 6.45) is 7.96. The second kappa shape index (κ2) is 4.47. The van der Waals surface area contributed by atoms with Crippen LogP contribution in [0.4, 0.5) is 0 Å². The van der Waals surface area contributed by atoms with Crippen LogP contribution in [0.3, 0.4) is 0 Å². The summed E-state index contributed by atoms with van der Waals surface area (Å²) in [7, 11) is 1.61. The normalized spacial score (nSPS) is 43.9. The Balaban J connectivity index is 1.76. The zero-order chi connectivity index (χ0) is 15.5. The lowest BCUT2D eigenvalue weighted by molar-refractivity contribution is -0.162. The van der Waals surface area contributed by atoms with E-state index < -0.39 is 5.97 Å². The molecule has 0 aromatic rings. The van der Waals surface area contributed by atoms with Gasteiger partial charge < -0.3 is 10.0 Å². The van der Waals surface area contributed by atoms with Crippen molar-refractivity contribution in [2.24, 2.45) is 22.2 Å². The van der Waals surface area contributed by atoms with Crippen molar-refractivity contribution in [1.82, 2.24) is 4.90 Å². The fourth-order valence-corrected chi connectivity index (χ4v) is 6.63. The minimum Gasteiger partial charge on any atom is -0.480 e. The van der Waals surface area contributed by atoms with Crippen molar-refractivity contribution in [2.75, 3.05) is 13.6 Å². The van der Waals surface area contributed by atoms with E-state index in [9.17, 15) is 9.59 Å². The molecule has 4 heteroatoms. The first-order valence-corrected chi connectivity index (χ1v) is 8.09. The lowest BCUT2D eigenvalue weighted by Crippen LogP contribution is -2.56.